The lowest BCUT2D eigenvalue weighted by Gasteiger charge is -2.28. The summed E-state index contributed by atoms with van der Waals surface area (Å²) in [6, 6.07) is 10.4. The van der Waals surface area contributed by atoms with E-state index in [0.29, 0.717) is 0 Å². The predicted molar refractivity (Wildman–Crippen MR) is 77.2 cm³/mol. The first-order chi connectivity index (χ1) is 8.43. The van der Waals surface area contributed by atoms with Gasteiger partial charge in [-0.2, -0.15) is 0 Å². The minimum atomic E-state index is -0.373. The van der Waals surface area contributed by atoms with Crippen LogP contribution in [0.2, 0.25) is 0 Å². The summed E-state index contributed by atoms with van der Waals surface area (Å²) in [5.41, 5.74) is 0.985. The number of benzene rings is 1. The highest BCUT2D eigenvalue weighted by molar-refractivity contribution is 5.18. The van der Waals surface area contributed by atoms with Gasteiger partial charge in [0.15, 0.2) is 0 Å². The Morgan fingerprint density at radius 1 is 1.17 bits per heavy atom. The summed E-state index contributed by atoms with van der Waals surface area (Å²) in [6.45, 7) is 8.07. The fourth-order valence-corrected chi connectivity index (χ4v) is 2.05. The van der Waals surface area contributed by atoms with Crippen LogP contribution in [0.3, 0.4) is 0 Å². The van der Waals surface area contributed by atoms with Crippen molar-refractivity contribution < 1.29 is 5.11 Å². The molecule has 0 saturated heterocycles. The zero-order valence-electron chi connectivity index (χ0n) is 11.9. The highest BCUT2D eigenvalue weighted by Gasteiger charge is 2.27. The van der Waals surface area contributed by atoms with Crippen LogP contribution in [0.15, 0.2) is 30.3 Å². The third-order valence-electron chi connectivity index (χ3n) is 3.16. The van der Waals surface area contributed by atoms with Crippen LogP contribution >= 0.6 is 0 Å². The van der Waals surface area contributed by atoms with Crippen molar-refractivity contribution in [2.24, 2.45) is 11.3 Å². The van der Waals surface area contributed by atoms with Gasteiger partial charge in [-0.1, -0.05) is 50.1 Å². The first-order valence-electron chi connectivity index (χ1n) is 6.65. The van der Waals surface area contributed by atoms with Gasteiger partial charge in [-0.3, -0.25) is 0 Å². The maximum atomic E-state index is 10.1. The van der Waals surface area contributed by atoms with E-state index in [1.165, 1.54) is 5.56 Å². The van der Waals surface area contributed by atoms with E-state index in [9.17, 15) is 5.11 Å². The van der Waals surface area contributed by atoms with Crippen molar-refractivity contribution in [3.05, 3.63) is 35.9 Å². The Kier molecular flexibility index (Phi) is 5.44. The second kappa shape index (κ2) is 6.61. The monoisotopic (exact) mass is 244 g/mol. The highest BCUT2D eigenvalue weighted by Crippen LogP contribution is 2.24. The van der Waals surface area contributed by atoms with Crippen molar-refractivity contribution in [2.75, 3.05) is 0 Å². The van der Waals surface area contributed by atoms with Crippen LogP contribution in [0.4, 0.5) is 0 Å². The molecule has 1 nitrogen and oxygen atoms in total. The molecule has 1 aromatic rings. The highest BCUT2D eigenvalue weighted by atomic mass is 16.3. The zero-order valence-corrected chi connectivity index (χ0v) is 11.9. The van der Waals surface area contributed by atoms with Crippen molar-refractivity contribution in [1.29, 1.82) is 0 Å². The summed E-state index contributed by atoms with van der Waals surface area (Å²) in [5, 5.41) is 10.1. The van der Waals surface area contributed by atoms with E-state index >= 15 is 0 Å². The second-order valence-corrected chi connectivity index (χ2v) is 5.70. The van der Waals surface area contributed by atoms with Crippen molar-refractivity contribution >= 4 is 0 Å². The van der Waals surface area contributed by atoms with E-state index in [1.54, 1.807) is 0 Å². The molecule has 0 radical (unpaired) electrons. The molecule has 0 heterocycles. The third-order valence-corrected chi connectivity index (χ3v) is 3.16. The molecule has 0 aliphatic heterocycles. The summed E-state index contributed by atoms with van der Waals surface area (Å²) >= 11 is 0. The Bertz CT molecular complexity index is 406. The fraction of sp³-hybridized carbons (Fsp3) is 0.529. The van der Waals surface area contributed by atoms with Gasteiger partial charge < -0.3 is 5.11 Å². The lowest BCUT2D eigenvalue weighted by molar-refractivity contribution is 0.0463. The largest absolute Gasteiger partial charge is 0.391 e. The van der Waals surface area contributed by atoms with Gasteiger partial charge in [0.1, 0.15) is 0 Å². The maximum absolute atomic E-state index is 10.1. The average Bonchev–Trinajstić information content (AvgIpc) is 2.35. The molecule has 1 atom stereocenters. The quantitative estimate of drug-likeness (QED) is 0.801. The first kappa shape index (κ1) is 14.8. The Labute approximate surface area is 111 Å². The molecule has 1 aromatic carbocycles. The number of aryl methyl sites for hydroxylation is 1. The summed E-state index contributed by atoms with van der Waals surface area (Å²) in [6.07, 6.45) is 1.45. The first-order valence-corrected chi connectivity index (χ1v) is 6.65. The third kappa shape index (κ3) is 4.55. The molecule has 1 rings (SSSR count). The van der Waals surface area contributed by atoms with Crippen LogP contribution in [-0.4, -0.2) is 11.2 Å². The van der Waals surface area contributed by atoms with Gasteiger partial charge in [0.25, 0.3) is 0 Å². The van der Waals surface area contributed by atoms with Crippen LogP contribution in [0.1, 0.15) is 39.7 Å². The predicted octanol–water partition coefficient (Wildman–Crippen LogP) is 3.67. The molecule has 0 fully saturated rings. The van der Waals surface area contributed by atoms with Crippen LogP contribution in [0, 0.1) is 23.2 Å². The molecule has 1 heteroatoms. The van der Waals surface area contributed by atoms with Crippen molar-refractivity contribution in [3.63, 3.8) is 0 Å². The molecular weight excluding hydrogens is 220 g/mol. The van der Waals surface area contributed by atoms with Gasteiger partial charge in [0.2, 0.25) is 0 Å². The van der Waals surface area contributed by atoms with Crippen molar-refractivity contribution in [3.8, 4) is 11.8 Å². The molecule has 0 aromatic heterocycles. The molecule has 1 unspecified atom stereocenters. The lowest BCUT2D eigenvalue weighted by Crippen LogP contribution is -2.32. The standard InChI is InChI=1S/C17H24O/c1-14(2)16(18)17(3,4)13-9-8-12-15-10-6-5-7-11-15/h5-7,10-11,14,16,18H,8,12H2,1-4H3. The summed E-state index contributed by atoms with van der Waals surface area (Å²) < 4.78 is 0. The lowest BCUT2D eigenvalue weighted by atomic mass is 9.81. The van der Waals surface area contributed by atoms with Gasteiger partial charge in [0, 0.05) is 6.42 Å². The number of rotatable bonds is 4. The van der Waals surface area contributed by atoms with E-state index in [0.717, 1.165) is 12.8 Å². The van der Waals surface area contributed by atoms with Gasteiger partial charge in [-0.05, 0) is 31.7 Å². The molecular formula is C17H24O. The molecule has 0 saturated carbocycles. The smallest absolute Gasteiger partial charge is 0.0723 e. The molecule has 0 bridgehead atoms. The van der Waals surface area contributed by atoms with Crippen LogP contribution in [0.5, 0.6) is 0 Å². The molecule has 0 amide bonds. The molecule has 0 aliphatic carbocycles. The van der Waals surface area contributed by atoms with E-state index in [1.807, 2.05) is 33.8 Å². The van der Waals surface area contributed by atoms with E-state index in [-0.39, 0.29) is 17.4 Å². The zero-order chi connectivity index (χ0) is 13.6. The Balaban J connectivity index is 2.51. The Hall–Kier alpha value is -1.26. The minimum Gasteiger partial charge on any atom is -0.391 e. The van der Waals surface area contributed by atoms with Crippen LogP contribution in [-0.2, 0) is 6.42 Å². The van der Waals surface area contributed by atoms with Crippen molar-refractivity contribution in [1.82, 2.24) is 0 Å². The average molecular weight is 244 g/mol. The van der Waals surface area contributed by atoms with E-state index in [4.69, 9.17) is 0 Å². The molecule has 98 valence electrons. The molecule has 0 aliphatic rings. The summed E-state index contributed by atoms with van der Waals surface area (Å²) in [7, 11) is 0. The molecule has 18 heavy (non-hydrogen) atoms. The number of hydrogen-bond donors (Lipinski definition) is 1. The minimum absolute atomic E-state index is 0.239. The van der Waals surface area contributed by atoms with Gasteiger partial charge in [0.05, 0.1) is 11.5 Å². The normalized spacial score (nSPS) is 13.0. The number of aliphatic hydroxyl groups is 1. The number of hydrogen-bond acceptors (Lipinski definition) is 1. The topological polar surface area (TPSA) is 20.2 Å². The summed E-state index contributed by atoms with van der Waals surface area (Å²) in [4.78, 5) is 0. The van der Waals surface area contributed by atoms with Gasteiger partial charge in [-0.25, -0.2) is 0 Å². The maximum Gasteiger partial charge on any atom is 0.0723 e. The summed E-state index contributed by atoms with van der Waals surface area (Å²) in [5.74, 6) is 6.65. The van der Waals surface area contributed by atoms with E-state index in [2.05, 4.69) is 36.1 Å². The Morgan fingerprint density at radius 2 is 1.78 bits per heavy atom. The molecule has 0 spiro atoms. The molecule has 1 N–H and O–H groups in total. The van der Waals surface area contributed by atoms with Crippen molar-refractivity contribution in [2.45, 2.75) is 46.6 Å². The fourth-order valence-electron chi connectivity index (χ4n) is 2.05. The van der Waals surface area contributed by atoms with Gasteiger partial charge >= 0.3 is 0 Å². The Morgan fingerprint density at radius 3 is 2.33 bits per heavy atom. The number of aliphatic hydroxyl groups excluding tert-OH is 1. The van der Waals surface area contributed by atoms with Crippen LogP contribution < -0.4 is 0 Å². The van der Waals surface area contributed by atoms with Crippen LogP contribution in [0.25, 0.3) is 0 Å². The van der Waals surface area contributed by atoms with Gasteiger partial charge in [-0.15, -0.1) is 5.92 Å². The second-order valence-electron chi connectivity index (χ2n) is 5.70. The van der Waals surface area contributed by atoms with E-state index < -0.39 is 0 Å². The SMILES string of the molecule is CC(C)C(O)C(C)(C)C#CCCc1ccccc1.